The predicted octanol–water partition coefficient (Wildman–Crippen LogP) is 2.38. The van der Waals surface area contributed by atoms with E-state index in [9.17, 15) is 4.79 Å². The van der Waals surface area contributed by atoms with E-state index in [1.165, 1.54) is 12.8 Å². The van der Waals surface area contributed by atoms with Crippen molar-refractivity contribution < 1.29 is 9.53 Å². The molecule has 12 heavy (non-hydrogen) atoms. The van der Waals surface area contributed by atoms with Gasteiger partial charge >= 0.3 is 5.97 Å². The molecule has 0 aliphatic heterocycles. The maximum absolute atomic E-state index is 11.1. The predicted molar refractivity (Wildman–Crippen MR) is 47.8 cm³/mol. The third-order valence-electron chi connectivity index (χ3n) is 2.03. The van der Waals surface area contributed by atoms with Gasteiger partial charge in [0.2, 0.25) is 0 Å². The molecule has 0 spiro atoms. The summed E-state index contributed by atoms with van der Waals surface area (Å²) in [6.07, 6.45) is 4.29. The first-order valence-electron chi connectivity index (χ1n) is 4.84. The van der Waals surface area contributed by atoms with Crippen molar-refractivity contribution in [2.45, 2.75) is 39.5 Å². The van der Waals surface area contributed by atoms with Gasteiger partial charge in [-0.3, -0.25) is 4.79 Å². The second-order valence-corrected chi connectivity index (χ2v) is 4.06. The Morgan fingerprint density at radius 3 is 2.67 bits per heavy atom. The maximum Gasteiger partial charge on any atom is 0.305 e. The molecule has 0 saturated heterocycles. The first-order chi connectivity index (χ1) is 5.68. The quantitative estimate of drug-likeness (QED) is 0.592. The van der Waals surface area contributed by atoms with Crippen molar-refractivity contribution in [3.63, 3.8) is 0 Å². The summed E-state index contributed by atoms with van der Waals surface area (Å²) in [5.41, 5.74) is 0. The first-order valence-corrected chi connectivity index (χ1v) is 4.84. The van der Waals surface area contributed by atoms with Crippen LogP contribution in [-0.4, -0.2) is 12.6 Å². The lowest BCUT2D eigenvalue weighted by Gasteiger charge is -2.06. The lowest BCUT2D eigenvalue weighted by molar-refractivity contribution is -0.144. The molecular formula is C10H18O2. The van der Waals surface area contributed by atoms with Gasteiger partial charge in [0.15, 0.2) is 0 Å². The minimum Gasteiger partial charge on any atom is -0.465 e. The van der Waals surface area contributed by atoms with Crippen molar-refractivity contribution in [2.24, 2.45) is 11.8 Å². The van der Waals surface area contributed by atoms with Crippen LogP contribution in [0.2, 0.25) is 0 Å². The monoisotopic (exact) mass is 170 g/mol. The van der Waals surface area contributed by atoms with Crippen molar-refractivity contribution >= 4 is 5.97 Å². The third kappa shape index (κ3) is 4.37. The molecule has 0 amide bonds. The second-order valence-electron chi connectivity index (χ2n) is 4.06. The van der Waals surface area contributed by atoms with Gasteiger partial charge in [-0.15, -0.1) is 0 Å². The molecule has 1 aliphatic carbocycles. The van der Waals surface area contributed by atoms with Crippen molar-refractivity contribution in [3.05, 3.63) is 0 Å². The Morgan fingerprint density at radius 1 is 1.50 bits per heavy atom. The van der Waals surface area contributed by atoms with Crippen molar-refractivity contribution in [2.75, 3.05) is 6.61 Å². The largest absolute Gasteiger partial charge is 0.465 e. The summed E-state index contributed by atoms with van der Waals surface area (Å²) in [6, 6.07) is 0. The summed E-state index contributed by atoms with van der Waals surface area (Å²) in [5.74, 6) is 1.27. The highest BCUT2D eigenvalue weighted by Gasteiger charge is 2.22. The standard InChI is InChI=1S/C10H18O2/c1-8(2)7-12-10(11)6-5-9-3-4-9/h8-9H,3-7H2,1-2H3. The number of carbonyl (C=O) groups is 1. The summed E-state index contributed by atoms with van der Waals surface area (Å²) < 4.78 is 5.04. The van der Waals surface area contributed by atoms with Crippen LogP contribution in [0.5, 0.6) is 0 Å². The van der Waals surface area contributed by atoms with Crippen LogP contribution in [-0.2, 0) is 9.53 Å². The number of rotatable bonds is 5. The average Bonchev–Trinajstić information content (AvgIpc) is 2.80. The summed E-state index contributed by atoms with van der Waals surface area (Å²) >= 11 is 0. The molecule has 0 aromatic rings. The summed E-state index contributed by atoms with van der Waals surface area (Å²) in [6.45, 7) is 4.67. The molecule has 1 fully saturated rings. The minimum absolute atomic E-state index is 0.0180. The highest BCUT2D eigenvalue weighted by molar-refractivity contribution is 5.69. The van der Waals surface area contributed by atoms with Crippen molar-refractivity contribution in [1.29, 1.82) is 0 Å². The van der Waals surface area contributed by atoms with Crippen LogP contribution in [0.4, 0.5) is 0 Å². The first kappa shape index (κ1) is 9.56. The topological polar surface area (TPSA) is 26.3 Å². The molecular weight excluding hydrogens is 152 g/mol. The summed E-state index contributed by atoms with van der Waals surface area (Å²) in [7, 11) is 0. The normalized spacial score (nSPS) is 16.6. The molecule has 0 atom stereocenters. The zero-order chi connectivity index (χ0) is 8.97. The van der Waals surface area contributed by atoms with E-state index in [-0.39, 0.29) is 5.97 Å². The van der Waals surface area contributed by atoms with Gasteiger partial charge in [-0.25, -0.2) is 0 Å². The molecule has 0 unspecified atom stereocenters. The van der Waals surface area contributed by atoms with Gasteiger partial charge < -0.3 is 4.74 Å². The highest BCUT2D eigenvalue weighted by atomic mass is 16.5. The minimum atomic E-state index is -0.0180. The Labute approximate surface area is 74.3 Å². The average molecular weight is 170 g/mol. The van der Waals surface area contributed by atoms with E-state index in [1.54, 1.807) is 0 Å². The van der Waals surface area contributed by atoms with Crippen LogP contribution in [0.25, 0.3) is 0 Å². The number of ether oxygens (including phenoxy) is 1. The molecule has 0 aromatic carbocycles. The van der Waals surface area contributed by atoms with Crippen LogP contribution >= 0.6 is 0 Å². The SMILES string of the molecule is CC(C)COC(=O)CCC1CC1. The zero-order valence-corrected chi connectivity index (χ0v) is 8.01. The molecule has 0 N–H and O–H groups in total. The van der Waals surface area contributed by atoms with Crippen LogP contribution in [0.1, 0.15) is 39.5 Å². The third-order valence-corrected chi connectivity index (χ3v) is 2.03. The fourth-order valence-corrected chi connectivity index (χ4v) is 1.06. The Balaban J connectivity index is 1.95. The number of hydrogen-bond donors (Lipinski definition) is 0. The van der Waals surface area contributed by atoms with Gasteiger partial charge in [0.1, 0.15) is 0 Å². The van der Waals surface area contributed by atoms with E-state index < -0.39 is 0 Å². The van der Waals surface area contributed by atoms with E-state index in [1.807, 2.05) is 13.8 Å². The van der Waals surface area contributed by atoms with Crippen molar-refractivity contribution in [1.82, 2.24) is 0 Å². The molecule has 0 bridgehead atoms. The molecule has 2 heteroatoms. The number of esters is 1. The van der Waals surface area contributed by atoms with E-state index in [2.05, 4.69) is 0 Å². The number of carbonyl (C=O) groups excluding carboxylic acids is 1. The van der Waals surface area contributed by atoms with Crippen LogP contribution in [0.3, 0.4) is 0 Å². The lowest BCUT2D eigenvalue weighted by Crippen LogP contribution is -2.09. The van der Waals surface area contributed by atoms with Gasteiger partial charge in [0.05, 0.1) is 6.61 Å². The van der Waals surface area contributed by atoms with E-state index in [0.29, 0.717) is 18.9 Å². The molecule has 0 aromatic heterocycles. The molecule has 1 aliphatic rings. The van der Waals surface area contributed by atoms with E-state index in [4.69, 9.17) is 4.74 Å². The van der Waals surface area contributed by atoms with Gasteiger partial charge in [-0.2, -0.15) is 0 Å². The maximum atomic E-state index is 11.1. The van der Waals surface area contributed by atoms with Gasteiger partial charge in [-0.05, 0) is 18.3 Å². The molecule has 1 saturated carbocycles. The summed E-state index contributed by atoms with van der Waals surface area (Å²) in [4.78, 5) is 11.1. The fourth-order valence-electron chi connectivity index (χ4n) is 1.06. The van der Waals surface area contributed by atoms with Crippen LogP contribution < -0.4 is 0 Å². The molecule has 2 nitrogen and oxygen atoms in total. The van der Waals surface area contributed by atoms with Gasteiger partial charge in [-0.1, -0.05) is 26.7 Å². The number of hydrogen-bond acceptors (Lipinski definition) is 2. The second kappa shape index (κ2) is 4.48. The molecule has 70 valence electrons. The molecule has 0 heterocycles. The van der Waals surface area contributed by atoms with E-state index in [0.717, 1.165) is 12.3 Å². The smallest absolute Gasteiger partial charge is 0.305 e. The van der Waals surface area contributed by atoms with Crippen molar-refractivity contribution in [3.8, 4) is 0 Å². The zero-order valence-electron chi connectivity index (χ0n) is 8.01. The Bertz CT molecular complexity index is 140. The molecule has 1 rings (SSSR count). The highest BCUT2D eigenvalue weighted by Crippen LogP contribution is 2.33. The summed E-state index contributed by atoms with van der Waals surface area (Å²) in [5, 5.41) is 0. The van der Waals surface area contributed by atoms with Gasteiger partial charge in [0.25, 0.3) is 0 Å². The Hall–Kier alpha value is -0.530. The Morgan fingerprint density at radius 2 is 2.17 bits per heavy atom. The lowest BCUT2D eigenvalue weighted by atomic mass is 10.2. The van der Waals surface area contributed by atoms with Crippen LogP contribution in [0.15, 0.2) is 0 Å². The van der Waals surface area contributed by atoms with Crippen LogP contribution in [0, 0.1) is 11.8 Å². The molecule has 0 radical (unpaired) electrons. The Kier molecular flexibility index (Phi) is 3.57. The van der Waals surface area contributed by atoms with E-state index >= 15 is 0 Å². The fraction of sp³-hybridized carbons (Fsp3) is 0.900. The van der Waals surface area contributed by atoms with Gasteiger partial charge in [0, 0.05) is 6.42 Å².